The van der Waals surface area contributed by atoms with Crippen LogP contribution in [0.2, 0.25) is 0 Å². The zero-order chi connectivity index (χ0) is 12.4. The predicted octanol–water partition coefficient (Wildman–Crippen LogP) is 2.79. The lowest BCUT2D eigenvalue weighted by molar-refractivity contribution is 0.134. The Labute approximate surface area is 110 Å². The van der Waals surface area contributed by atoms with Gasteiger partial charge in [-0.05, 0) is 36.6 Å². The van der Waals surface area contributed by atoms with E-state index in [0.29, 0.717) is 5.92 Å². The normalized spacial score (nSPS) is 25.4. The van der Waals surface area contributed by atoms with E-state index in [1.807, 2.05) is 0 Å². The third-order valence-corrected chi connectivity index (χ3v) is 4.31. The second-order valence-electron chi connectivity index (χ2n) is 4.72. The minimum Gasteiger partial charge on any atom is -0.395 e. The van der Waals surface area contributed by atoms with Gasteiger partial charge in [-0.25, -0.2) is 4.39 Å². The summed E-state index contributed by atoms with van der Waals surface area (Å²) in [6, 6.07) is 5.00. The van der Waals surface area contributed by atoms with E-state index in [4.69, 9.17) is 0 Å². The molecule has 1 fully saturated rings. The van der Waals surface area contributed by atoms with Gasteiger partial charge in [-0.3, -0.25) is 4.90 Å². The van der Waals surface area contributed by atoms with Crippen LogP contribution in [0.25, 0.3) is 0 Å². The van der Waals surface area contributed by atoms with Crippen LogP contribution in [-0.4, -0.2) is 29.2 Å². The predicted molar refractivity (Wildman–Crippen MR) is 69.2 cm³/mol. The molecule has 1 saturated heterocycles. The molecule has 1 aliphatic heterocycles. The summed E-state index contributed by atoms with van der Waals surface area (Å²) in [5.74, 6) is 0.299. The van der Waals surface area contributed by atoms with Gasteiger partial charge in [0.2, 0.25) is 0 Å². The lowest BCUT2D eigenvalue weighted by Gasteiger charge is -2.25. The Morgan fingerprint density at radius 1 is 1.53 bits per heavy atom. The summed E-state index contributed by atoms with van der Waals surface area (Å²) in [4.78, 5) is 2.27. The average Bonchev–Trinajstić information content (AvgIpc) is 2.63. The number of halogens is 2. The highest BCUT2D eigenvalue weighted by Gasteiger charge is 2.30. The largest absolute Gasteiger partial charge is 0.395 e. The molecule has 2 rings (SSSR count). The van der Waals surface area contributed by atoms with Crippen LogP contribution in [0.5, 0.6) is 0 Å². The van der Waals surface area contributed by atoms with Gasteiger partial charge in [0, 0.05) is 17.1 Å². The summed E-state index contributed by atoms with van der Waals surface area (Å²) >= 11 is 3.38. The van der Waals surface area contributed by atoms with E-state index < -0.39 is 0 Å². The van der Waals surface area contributed by atoms with Crippen molar-refractivity contribution in [2.75, 3.05) is 13.2 Å². The fourth-order valence-electron chi connectivity index (χ4n) is 2.45. The molecule has 0 spiro atoms. The number of aliphatic hydroxyl groups excluding tert-OH is 1. The van der Waals surface area contributed by atoms with Crippen LogP contribution in [0.4, 0.5) is 4.39 Å². The summed E-state index contributed by atoms with van der Waals surface area (Å²) in [6.45, 7) is 4.12. The van der Waals surface area contributed by atoms with Crippen molar-refractivity contribution in [2.24, 2.45) is 5.92 Å². The van der Waals surface area contributed by atoms with Crippen LogP contribution in [0.3, 0.4) is 0 Å². The highest BCUT2D eigenvalue weighted by molar-refractivity contribution is 9.10. The molecule has 0 bridgehead atoms. The maximum Gasteiger partial charge on any atom is 0.124 e. The Hall–Kier alpha value is -0.450. The van der Waals surface area contributed by atoms with Gasteiger partial charge in [0.1, 0.15) is 5.82 Å². The first-order valence-electron chi connectivity index (χ1n) is 5.90. The molecule has 0 amide bonds. The minimum atomic E-state index is -0.228. The van der Waals surface area contributed by atoms with Gasteiger partial charge >= 0.3 is 0 Å². The topological polar surface area (TPSA) is 23.5 Å². The van der Waals surface area contributed by atoms with Gasteiger partial charge in [-0.2, -0.15) is 0 Å². The van der Waals surface area contributed by atoms with E-state index in [-0.39, 0.29) is 18.5 Å². The monoisotopic (exact) mass is 301 g/mol. The molecule has 2 atom stereocenters. The summed E-state index contributed by atoms with van der Waals surface area (Å²) < 4.78 is 13.8. The van der Waals surface area contributed by atoms with Crippen LogP contribution in [0.15, 0.2) is 22.7 Å². The molecule has 0 saturated carbocycles. The van der Waals surface area contributed by atoms with Crippen molar-refractivity contribution in [1.29, 1.82) is 0 Å². The van der Waals surface area contributed by atoms with Gasteiger partial charge in [-0.15, -0.1) is 0 Å². The third kappa shape index (κ3) is 2.87. The molecule has 1 aliphatic rings. The molecule has 0 radical (unpaired) electrons. The Morgan fingerprint density at radius 3 is 2.94 bits per heavy atom. The number of nitrogens with zero attached hydrogens (tertiary/aromatic N) is 1. The molecular weight excluding hydrogens is 285 g/mol. The first-order chi connectivity index (χ1) is 8.11. The Balaban J connectivity index is 2.10. The van der Waals surface area contributed by atoms with Crippen molar-refractivity contribution in [3.8, 4) is 0 Å². The van der Waals surface area contributed by atoms with Crippen molar-refractivity contribution in [3.63, 3.8) is 0 Å². The van der Waals surface area contributed by atoms with E-state index in [0.717, 1.165) is 29.5 Å². The van der Waals surface area contributed by atoms with Crippen molar-refractivity contribution < 1.29 is 9.50 Å². The fourth-order valence-corrected chi connectivity index (χ4v) is 2.92. The Kier molecular flexibility index (Phi) is 4.17. The molecule has 17 heavy (non-hydrogen) atoms. The van der Waals surface area contributed by atoms with E-state index in [1.54, 1.807) is 6.07 Å². The first-order valence-corrected chi connectivity index (χ1v) is 6.70. The number of aliphatic hydroxyl groups is 1. The molecule has 4 heteroatoms. The summed E-state index contributed by atoms with van der Waals surface area (Å²) in [5.41, 5.74) is 1.07. The SMILES string of the molecule is CC1CCN(Cc2ccc(F)cc2Br)C1CO. The molecule has 1 N–H and O–H groups in total. The molecule has 0 aliphatic carbocycles. The molecule has 1 aromatic carbocycles. The maximum absolute atomic E-state index is 13.0. The van der Waals surface area contributed by atoms with E-state index in [2.05, 4.69) is 27.8 Å². The van der Waals surface area contributed by atoms with Crippen molar-refractivity contribution >= 4 is 15.9 Å². The summed E-state index contributed by atoms with van der Waals surface area (Å²) in [5, 5.41) is 9.38. The number of hydrogen-bond donors (Lipinski definition) is 1. The number of likely N-dealkylation sites (tertiary alicyclic amines) is 1. The smallest absolute Gasteiger partial charge is 0.124 e. The van der Waals surface area contributed by atoms with Crippen LogP contribution in [0.1, 0.15) is 18.9 Å². The minimum absolute atomic E-state index is 0.194. The number of hydrogen-bond acceptors (Lipinski definition) is 2. The van der Waals surface area contributed by atoms with Crippen molar-refractivity contribution in [1.82, 2.24) is 4.90 Å². The Morgan fingerprint density at radius 2 is 2.29 bits per heavy atom. The molecular formula is C13H17BrFNO. The van der Waals surface area contributed by atoms with Gasteiger partial charge < -0.3 is 5.11 Å². The van der Waals surface area contributed by atoms with Crippen molar-refractivity contribution in [3.05, 3.63) is 34.1 Å². The van der Waals surface area contributed by atoms with E-state index >= 15 is 0 Å². The van der Waals surface area contributed by atoms with Gasteiger partial charge in [-0.1, -0.05) is 28.9 Å². The summed E-state index contributed by atoms with van der Waals surface area (Å²) in [7, 11) is 0. The molecule has 2 unspecified atom stereocenters. The van der Waals surface area contributed by atoms with Gasteiger partial charge in [0.05, 0.1) is 6.61 Å². The molecule has 1 aromatic rings. The third-order valence-electron chi connectivity index (χ3n) is 3.57. The lowest BCUT2D eigenvalue weighted by atomic mass is 10.0. The van der Waals surface area contributed by atoms with Crippen LogP contribution < -0.4 is 0 Å². The van der Waals surface area contributed by atoms with Crippen LogP contribution in [-0.2, 0) is 6.54 Å². The quantitative estimate of drug-likeness (QED) is 0.928. The molecule has 1 heterocycles. The van der Waals surface area contributed by atoms with E-state index in [9.17, 15) is 9.50 Å². The highest BCUT2D eigenvalue weighted by Crippen LogP contribution is 2.27. The van der Waals surface area contributed by atoms with Crippen LogP contribution >= 0.6 is 15.9 Å². The van der Waals surface area contributed by atoms with Gasteiger partial charge in [0.25, 0.3) is 0 Å². The maximum atomic E-state index is 13.0. The summed E-state index contributed by atoms with van der Waals surface area (Å²) in [6.07, 6.45) is 1.12. The fraction of sp³-hybridized carbons (Fsp3) is 0.538. The average molecular weight is 302 g/mol. The zero-order valence-corrected chi connectivity index (χ0v) is 11.5. The Bertz CT molecular complexity index is 399. The lowest BCUT2D eigenvalue weighted by Crippen LogP contribution is -2.34. The zero-order valence-electron chi connectivity index (χ0n) is 9.87. The van der Waals surface area contributed by atoms with Crippen molar-refractivity contribution in [2.45, 2.75) is 25.9 Å². The first kappa shape index (κ1) is 13.0. The van der Waals surface area contributed by atoms with Gasteiger partial charge in [0.15, 0.2) is 0 Å². The van der Waals surface area contributed by atoms with E-state index in [1.165, 1.54) is 12.1 Å². The van der Waals surface area contributed by atoms with Crippen LogP contribution in [0, 0.1) is 11.7 Å². The number of benzene rings is 1. The molecule has 2 nitrogen and oxygen atoms in total. The standard InChI is InChI=1S/C13H17BrFNO/c1-9-4-5-16(13(9)8-17)7-10-2-3-11(15)6-12(10)14/h2-3,6,9,13,17H,4-5,7-8H2,1H3. The highest BCUT2D eigenvalue weighted by atomic mass is 79.9. The molecule has 94 valence electrons. The second-order valence-corrected chi connectivity index (χ2v) is 5.58. The number of rotatable bonds is 3. The molecule has 0 aromatic heterocycles. The second kappa shape index (κ2) is 5.46.